The van der Waals surface area contributed by atoms with Crippen LogP contribution in [0.5, 0.6) is 0 Å². The van der Waals surface area contributed by atoms with E-state index in [9.17, 15) is 16.8 Å². The highest BCUT2D eigenvalue weighted by Crippen LogP contribution is 2.66. The first-order valence-corrected chi connectivity index (χ1v) is 20.0. The smallest absolute Gasteiger partial charge is 0.227 e. The van der Waals surface area contributed by atoms with E-state index in [1.165, 1.54) is 23.5 Å². The lowest BCUT2D eigenvalue weighted by atomic mass is 9.50. The molecule has 1 aliphatic rings. The Hall–Kier alpha value is -2.80. The third-order valence-corrected chi connectivity index (χ3v) is 12.6. The third kappa shape index (κ3) is 6.59. The van der Waals surface area contributed by atoms with Crippen molar-refractivity contribution in [2.45, 2.75) is 71.7 Å². The van der Waals surface area contributed by atoms with E-state index in [1.54, 1.807) is 19.9 Å². The van der Waals surface area contributed by atoms with Crippen molar-refractivity contribution in [1.29, 1.82) is 0 Å². The molecule has 2 aromatic carbocycles. The van der Waals surface area contributed by atoms with Crippen LogP contribution < -0.4 is 0 Å². The van der Waals surface area contributed by atoms with Crippen LogP contribution in [0.3, 0.4) is 0 Å². The van der Waals surface area contributed by atoms with Gasteiger partial charge in [-0.05, 0) is 34.8 Å². The highest BCUT2D eigenvalue weighted by Gasteiger charge is 2.54. The summed E-state index contributed by atoms with van der Waals surface area (Å²) in [4.78, 5) is 18.5. The molecule has 8 nitrogen and oxygen atoms in total. The third-order valence-electron chi connectivity index (χ3n) is 7.93. The Balaban J connectivity index is 1.78. The molecule has 0 bridgehead atoms. The minimum absolute atomic E-state index is 0.0306. The lowest BCUT2D eigenvalue weighted by Crippen LogP contribution is -2.41. The minimum Gasteiger partial charge on any atom is -0.227 e. The largest absolute Gasteiger partial charge is 0.248 e. The fourth-order valence-electron chi connectivity index (χ4n) is 5.84. The lowest BCUT2D eigenvalue weighted by Gasteiger charge is -2.52. The van der Waals surface area contributed by atoms with Gasteiger partial charge in [-0.1, -0.05) is 100 Å². The van der Waals surface area contributed by atoms with E-state index >= 15 is 0 Å². The maximum atomic E-state index is 13.1. The Morgan fingerprint density at radius 3 is 1.61 bits per heavy atom. The number of sulfone groups is 2. The number of aromatic nitrogens is 4. The molecule has 0 aliphatic heterocycles. The molecule has 232 valence electrons. The number of hydrogen-bond donors (Lipinski definition) is 0. The number of hydrogen-bond acceptors (Lipinski definition) is 10. The normalized spacial score (nSPS) is 20.3. The summed E-state index contributed by atoms with van der Waals surface area (Å²) in [6.07, 6.45) is 0. The first-order valence-electron chi connectivity index (χ1n) is 14.7. The second-order valence-electron chi connectivity index (χ2n) is 10.4. The predicted octanol–water partition coefficient (Wildman–Crippen LogP) is 6.53. The van der Waals surface area contributed by atoms with Gasteiger partial charge in [0.15, 0.2) is 20.0 Å². The van der Waals surface area contributed by atoms with E-state index in [0.717, 1.165) is 16.9 Å². The molecule has 12 heteroatoms. The van der Waals surface area contributed by atoms with E-state index in [-0.39, 0.29) is 45.4 Å². The van der Waals surface area contributed by atoms with E-state index in [4.69, 9.17) is 9.97 Å². The fourth-order valence-corrected chi connectivity index (χ4v) is 8.76. The van der Waals surface area contributed by atoms with Gasteiger partial charge in [0.25, 0.3) is 0 Å². The van der Waals surface area contributed by atoms with Crippen LogP contribution in [-0.4, -0.2) is 59.8 Å². The molecule has 2 aromatic heterocycles. The average molecular weight is 669 g/mol. The maximum absolute atomic E-state index is 13.1. The van der Waals surface area contributed by atoms with E-state index in [1.807, 2.05) is 56.3 Å². The van der Waals surface area contributed by atoms with Crippen LogP contribution in [0.1, 0.15) is 73.9 Å². The first-order chi connectivity index (χ1) is 21.1. The van der Waals surface area contributed by atoms with Gasteiger partial charge in [-0.15, -0.1) is 11.8 Å². The molecule has 0 radical (unpaired) electrons. The topological polar surface area (TPSA) is 120 Å². The van der Waals surface area contributed by atoms with Crippen molar-refractivity contribution in [2.75, 3.05) is 23.0 Å². The maximum Gasteiger partial charge on any atom is 0.248 e. The number of rotatable bonds is 12. The zero-order valence-corrected chi connectivity index (χ0v) is 28.4. The molecular formula is C32H36N4O4S4. The molecule has 5 rings (SSSR count). The average Bonchev–Trinajstić information content (AvgIpc) is 3.02. The molecule has 0 spiro atoms. The number of thioether (sulfide) groups is 2. The van der Waals surface area contributed by atoms with Crippen molar-refractivity contribution in [2.24, 2.45) is 0 Å². The number of nitrogens with zero attached hydrogens (tertiary/aromatic N) is 4. The van der Waals surface area contributed by atoms with Crippen LogP contribution in [-0.2, 0) is 19.7 Å². The van der Waals surface area contributed by atoms with Crippen molar-refractivity contribution in [1.82, 2.24) is 19.9 Å². The van der Waals surface area contributed by atoms with Crippen LogP contribution in [0.4, 0.5) is 0 Å². The summed E-state index contributed by atoms with van der Waals surface area (Å²) in [5.41, 5.74) is 3.39. The van der Waals surface area contributed by atoms with Crippen LogP contribution in [0, 0.1) is 0 Å². The van der Waals surface area contributed by atoms with Gasteiger partial charge in [-0.2, -0.15) is 0 Å². The molecule has 2 heterocycles. The summed E-state index contributed by atoms with van der Waals surface area (Å²) in [7, 11) is -7.27. The Morgan fingerprint density at radius 1 is 0.591 bits per heavy atom. The van der Waals surface area contributed by atoms with Crippen molar-refractivity contribution < 1.29 is 16.8 Å². The zero-order valence-electron chi connectivity index (χ0n) is 25.1. The first kappa shape index (κ1) is 32.6. The second-order valence-corrected chi connectivity index (χ2v) is 17.3. The molecule has 0 N–H and O–H groups in total. The molecule has 0 unspecified atom stereocenters. The predicted molar refractivity (Wildman–Crippen MR) is 176 cm³/mol. The van der Waals surface area contributed by atoms with E-state index in [0.29, 0.717) is 27.3 Å². The SMILES string of the molecule is CCSc1cc(C2[C@H](c3ccccc3)C(c3cc(S(=O)(=O)CC)nc(SCC)n3)[C@H]2c2ccccc2)nc(S(=O)(=O)CC)n1. The molecule has 0 saturated heterocycles. The Bertz CT molecular complexity index is 1680. The van der Waals surface area contributed by atoms with Crippen molar-refractivity contribution in [3.05, 3.63) is 95.3 Å². The quantitative estimate of drug-likeness (QED) is 0.0937. The summed E-state index contributed by atoms with van der Waals surface area (Å²) in [6, 6.07) is 23.6. The summed E-state index contributed by atoms with van der Waals surface area (Å²) >= 11 is 2.89. The molecule has 0 amide bonds. The molecular weight excluding hydrogens is 633 g/mol. The van der Waals surface area contributed by atoms with Gasteiger partial charge in [-0.3, -0.25) is 0 Å². The molecule has 2 atom stereocenters. The highest BCUT2D eigenvalue weighted by atomic mass is 32.2. The highest BCUT2D eigenvalue weighted by molar-refractivity contribution is 7.99. The van der Waals surface area contributed by atoms with Gasteiger partial charge in [0.2, 0.25) is 15.0 Å². The second kappa shape index (κ2) is 13.7. The van der Waals surface area contributed by atoms with Crippen molar-refractivity contribution in [3.8, 4) is 0 Å². The van der Waals surface area contributed by atoms with Gasteiger partial charge >= 0.3 is 0 Å². The van der Waals surface area contributed by atoms with Crippen LogP contribution >= 0.6 is 23.5 Å². The van der Waals surface area contributed by atoms with Crippen LogP contribution in [0.15, 0.2) is 93.2 Å². The lowest BCUT2D eigenvalue weighted by molar-refractivity contribution is 0.217. The van der Waals surface area contributed by atoms with E-state index < -0.39 is 19.7 Å². The summed E-state index contributed by atoms with van der Waals surface area (Å²) in [6.45, 7) is 7.20. The van der Waals surface area contributed by atoms with E-state index in [2.05, 4.69) is 34.2 Å². The minimum atomic E-state index is -3.67. The molecule has 1 fully saturated rings. The van der Waals surface area contributed by atoms with Gasteiger partial charge < -0.3 is 0 Å². The van der Waals surface area contributed by atoms with Gasteiger partial charge in [0.1, 0.15) is 5.03 Å². The fraction of sp³-hybridized carbons (Fsp3) is 0.375. The molecule has 1 saturated carbocycles. The Kier molecular flexibility index (Phi) is 10.1. The van der Waals surface area contributed by atoms with Gasteiger partial charge in [-0.25, -0.2) is 36.8 Å². The van der Waals surface area contributed by atoms with Gasteiger partial charge in [0.05, 0.1) is 22.9 Å². The molecule has 4 aromatic rings. The zero-order chi connectivity index (χ0) is 31.5. The van der Waals surface area contributed by atoms with Crippen LogP contribution in [0.25, 0.3) is 0 Å². The molecule has 1 aliphatic carbocycles. The standard InChI is InChI=1S/C32H36N4O4S4/c1-5-41-25-19-23(34-32(35-25)44(39,40)8-4)29-27(21-15-11-9-12-16-21)30(28(29)22-17-13-10-14-18-22)24-20-26(43(37,38)7-3)36-31(33-24)42-6-2/h9-20,27-30H,5-8H2,1-4H3/t27-,28-,29?,30?/m0/s1. The molecule has 44 heavy (non-hydrogen) atoms. The van der Waals surface area contributed by atoms with Gasteiger partial charge in [0, 0.05) is 23.7 Å². The summed E-state index contributed by atoms with van der Waals surface area (Å²) in [5, 5.41) is 0.921. The monoisotopic (exact) mass is 668 g/mol. The van der Waals surface area contributed by atoms with Crippen LogP contribution in [0.2, 0.25) is 0 Å². The number of benzene rings is 2. The Morgan fingerprint density at radius 2 is 1.11 bits per heavy atom. The summed E-state index contributed by atoms with van der Waals surface area (Å²) < 4.78 is 52.4. The summed E-state index contributed by atoms with van der Waals surface area (Å²) in [5.74, 6) is 0.478. The van der Waals surface area contributed by atoms with Crippen molar-refractivity contribution in [3.63, 3.8) is 0 Å². The van der Waals surface area contributed by atoms with Crippen molar-refractivity contribution >= 4 is 43.2 Å². The Labute approximate surface area is 268 Å².